The van der Waals surface area contributed by atoms with Gasteiger partial charge in [-0.1, -0.05) is 16.8 Å². The molecule has 3 heterocycles. The Morgan fingerprint density at radius 3 is 2.95 bits per heavy atom. The molecule has 3 rings (SSSR count). The fraction of sp³-hybridized carbons (Fsp3) is 0.643. The average Bonchev–Trinajstić information content (AvgIpc) is 3.00. The van der Waals surface area contributed by atoms with Crippen molar-refractivity contribution < 1.29 is 18.8 Å². The minimum absolute atomic E-state index is 0.0252. The molecule has 2 amide bonds. The monoisotopic (exact) mass is 327 g/mol. The summed E-state index contributed by atoms with van der Waals surface area (Å²) in [6.07, 6.45) is 2.10. The van der Waals surface area contributed by atoms with Crippen LogP contribution in [0.5, 0.6) is 0 Å². The Bertz CT molecular complexity index is 590. The number of aromatic nitrogens is 1. The topological polar surface area (TPSA) is 75.9 Å². The number of nitrogens with zero attached hydrogens (tertiary/aromatic N) is 3. The van der Waals surface area contributed by atoms with Crippen molar-refractivity contribution in [2.75, 3.05) is 26.7 Å². The van der Waals surface area contributed by atoms with Crippen molar-refractivity contribution in [3.8, 4) is 0 Å². The zero-order valence-electron chi connectivity index (χ0n) is 12.4. The van der Waals surface area contributed by atoms with Crippen LogP contribution in [0.4, 0.5) is 4.79 Å². The molecule has 0 radical (unpaired) electrons. The molecule has 2 fully saturated rings. The van der Waals surface area contributed by atoms with E-state index in [1.165, 1.54) is 0 Å². The minimum Gasteiger partial charge on any atom is -0.439 e. The number of likely N-dealkylation sites (N-methyl/N-ethyl adjacent to an activating group) is 1. The highest BCUT2D eigenvalue weighted by Crippen LogP contribution is 2.31. The lowest BCUT2D eigenvalue weighted by molar-refractivity contribution is -0.136. The van der Waals surface area contributed by atoms with E-state index >= 15 is 0 Å². The van der Waals surface area contributed by atoms with E-state index in [-0.39, 0.29) is 12.0 Å². The van der Waals surface area contributed by atoms with Gasteiger partial charge in [0.2, 0.25) is 5.91 Å². The first-order chi connectivity index (χ1) is 10.5. The Balaban J connectivity index is 1.57. The molecule has 22 heavy (non-hydrogen) atoms. The lowest BCUT2D eigenvalue weighted by Gasteiger charge is -2.38. The number of amides is 2. The average molecular weight is 328 g/mol. The molecule has 0 bridgehead atoms. The highest BCUT2D eigenvalue weighted by atomic mass is 35.5. The first kappa shape index (κ1) is 15.1. The number of carbonyl (C=O) groups excluding carboxylic acids is 2. The molecule has 0 saturated carbocycles. The van der Waals surface area contributed by atoms with Crippen molar-refractivity contribution in [3.63, 3.8) is 0 Å². The van der Waals surface area contributed by atoms with Gasteiger partial charge in [0, 0.05) is 32.5 Å². The van der Waals surface area contributed by atoms with Gasteiger partial charge >= 0.3 is 6.09 Å². The predicted octanol–water partition coefficient (Wildman–Crippen LogP) is 1.70. The van der Waals surface area contributed by atoms with Gasteiger partial charge < -0.3 is 19.1 Å². The third-order valence-corrected chi connectivity index (χ3v) is 4.33. The number of ether oxygens (including phenoxy) is 1. The van der Waals surface area contributed by atoms with Crippen LogP contribution in [0.25, 0.3) is 0 Å². The molecule has 8 heteroatoms. The predicted molar refractivity (Wildman–Crippen MR) is 77.5 cm³/mol. The Hall–Kier alpha value is -1.76. The van der Waals surface area contributed by atoms with Crippen molar-refractivity contribution >= 4 is 23.6 Å². The second kappa shape index (κ2) is 5.79. The van der Waals surface area contributed by atoms with Crippen LogP contribution in [0.1, 0.15) is 25.0 Å². The minimum atomic E-state index is -0.546. The van der Waals surface area contributed by atoms with Crippen molar-refractivity contribution in [2.24, 2.45) is 0 Å². The number of piperidine rings is 1. The van der Waals surface area contributed by atoms with Crippen LogP contribution in [0.2, 0.25) is 5.15 Å². The Kier molecular flexibility index (Phi) is 3.99. The van der Waals surface area contributed by atoms with Gasteiger partial charge in [-0.05, 0) is 12.8 Å². The van der Waals surface area contributed by atoms with Gasteiger partial charge in [0.15, 0.2) is 5.15 Å². The van der Waals surface area contributed by atoms with Crippen LogP contribution in [0.15, 0.2) is 10.6 Å². The molecule has 2 aliphatic heterocycles. The van der Waals surface area contributed by atoms with E-state index < -0.39 is 5.60 Å². The zero-order chi connectivity index (χ0) is 15.7. The fourth-order valence-electron chi connectivity index (χ4n) is 3.11. The quantitative estimate of drug-likeness (QED) is 0.844. The lowest BCUT2D eigenvalue weighted by Crippen LogP contribution is -2.52. The highest BCUT2D eigenvalue weighted by Gasteiger charge is 2.47. The number of aryl methyl sites for hydroxylation is 1. The number of halogens is 1. The maximum Gasteiger partial charge on any atom is 0.410 e. The Morgan fingerprint density at radius 1 is 1.50 bits per heavy atom. The molecule has 120 valence electrons. The number of likely N-dealkylation sites (tertiary alicyclic amines) is 1. The van der Waals surface area contributed by atoms with Crippen molar-refractivity contribution in [1.29, 1.82) is 0 Å². The van der Waals surface area contributed by atoms with Gasteiger partial charge in [0.1, 0.15) is 11.4 Å². The third kappa shape index (κ3) is 3.04. The molecule has 1 aromatic heterocycles. The number of rotatable bonds is 3. The van der Waals surface area contributed by atoms with Crippen LogP contribution in [-0.2, 0) is 16.0 Å². The van der Waals surface area contributed by atoms with Gasteiger partial charge in [0.25, 0.3) is 0 Å². The summed E-state index contributed by atoms with van der Waals surface area (Å²) in [6.45, 7) is 1.69. The lowest BCUT2D eigenvalue weighted by atomic mass is 9.92. The normalized spacial score (nSPS) is 24.9. The molecule has 1 aromatic rings. The number of carbonyl (C=O) groups is 2. The van der Waals surface area contributed by atoms with Crippen LogP contribution in [0.3, 0.4) is 0 Å². The standard InChI is InChI=1S/C14H18ClN3O4/c1-17-8-14(21-13(17)20)5-2-6-18(9-14)12(19)4-3-10-7-11(15)16-22-10/h7H,2-6,8-9H2,1H3/t14-/m1/s1. The zero-order valence-corrected chi connectivity index (χ0v) is 13.1. The highest BCUT2D eigenvalue weighted by molar-refractivity contribution is 6.29. The van der Waals surface area contributed by atoms with Crippen molar-refractivity contribution in [2.45, 2.75) is 31.3 Å². The van der Waals surface area contributed by atoms with E-state index in [1.54, 1.807) is 22.9 Å². The van der Waals surface area contributed by atoms with Gasteiger partial charge in [0.05, 0.1) is 13.1 Å². The maximum absolute atomic E-state index is 12.4. The summed E-state index contributed by atoms with van der Waals surface area (Å²) in [7, 11) is 1.71. The smallest absolute Gasteiger partial charge is 0.410 e. The van der Waals surface area contributed by atoms with Gasteiger partial charge in [-0.15, -0.1) is 0 Å². The van der Waals surface area contributed by atoms with E-state index in [0.717, 1.165) is 12.8 Å². The Morgan fingerprint density at radius 2 is 2.32 bits per heavy atom. The molecule has 0 unspecified atom stereocenters. The molecular weight excluding hydrogens is 310 g/mol. The van der Waals surface area contributed by atoms with Gasteiger partial charge in [-0.2, -0.15) is 0 Å². The molecule has 1 spiro atoms. The molecule has 0 aliphatic carbocycles. The molecule has 2 saturated heterocycles. The second-order valence-electron chi connectivity index (χ2n) is 5.94. The largest absolute Gasteiger partial charge is 0.439 e. The summed E-state index contributed by atoms with van der Waals surface area (Å²) >= 11 is 5.68. The molecule has 7 nitrogen and oxygen atoms in total. The van der Waals surface area contributed by atoms with E-state index in [0.29, 0.717) is 43.4 Å². The molecule has 1 atom stereocenters. The summed E-state index contributed by atoms with van der Waals surface area (Å²) < 4.78 is 10.5. The van der Waals surface area contributed by atoms with Crippen LogP contribution in [-0.4, -0.2) is 59.2 Å². The van der Waals surface area contributed by atoms with Crippen LogP contribution < -0.4 is 0 Å². The maximum atomic E-state index is 12.4. The van der Waals surface area contributed by atoms with Crippen molar-refractivity contribution in [3.05, 3.63) is 17.0 Å². The second-order valence-corrected chi connectivity index (χ2v) is 6.33. The van der Waals surface area contributed by atoms with E-state index in [9.17, 15) is 9.59 Å². The summed E-state index contributed by atoms with van der Waals surface area (Å²) in [6, 6.07) is 1.61. The van der Waals surface area contributed by atoms with Crippen LogP contribution >= 0.6 is 11.6 Å². The summed E-state index contributed by atoms with van der Waals surface area (Å²) in [5.74, 6) is 0.620. The van der Waals surface area contributed by atoms with Gasteiger partial charge in [-0.3, -0.25) is 4.79 Å². The summed E-state index contributed by atoms with van der Waals surface area (Å²) in [4.78, 5) is 27.3. The van der Waals surface area contributed by atoms with E-state index in [1.807, 2.05) is 0 Å². The number of hydrogen-bond acceptors (Lipinski definition) is 5. The van der Waals surface area contributed by atoms with E-state index in [4.69, 9.17) is 20.9 Å². The third-order valence-electron chi connectivity index (χ3n) is 4.15. The van der Waals surface area contributed by atoms with E-state index in [2.05, 4.69) is 5.16 Å². The Labute approximate surface area is 133 Å². The van der Waals surface area contributed by atoms with Crippen LogP contribution in [0, 0.1) is 0 Å². The molecular formula is C14H18ClN3O4. The van der Waals surface area contributed by atoms with Gasteiger partial charge in [-0.25, -0.2) is 4.79 Å². The van der Waals surface area contributed by atoms with Crippen molar-refractivity contribution in [1.82, 2.24) is 15.0 Å². The molecule has 0 aromatic carbocycles. The summed E-state index contributed by atoms with van der Waals surface area (Å²) in [5, 5.41) is 3.88. The summed E-state index contributed by atoms with van der Waals surface area (Å²) in [5.41, 5.74) is -0.546. The molecule has 2 aliphatic rings. The number of hydrogen-bond donors (Lipinski definition) is 0. The molecule has 0 N–H and O–H groups in total. The first-order valence-electron chi connectivity index (χ1n) is 7.30. The fourth-order valence-corrected chi connectivity index (χ4v) is 3.27. The first-order valence-corrected chi connectivity index (χ1v) is 7.68. The SMILES string of the molecule is CN1C[C@@]2(CCCN(C(=O)CCc3cc(Cl)no3)C2)OC1=O.